The van der Waals surface area contributed by atoms with Crippen molar-refractivity contribution in [2.45, 2.75) is 38.6 Å². The molecule has 1 aromatic carbocycles. The first-order valence-corrected chi connectivity index (χ1v) is 11.2. The predicted molar refractivity (Wildman–Crippen MR) is 114 cm³/mol. The zero-order valence-electron chi connectivity index (χ0n) is 16.1. The van der Waals surface area contributed by atoms with Crippen LogP contribution in [0.4, 0.5) is 10.3 Å². The fourth-order valence-corrected chi connectivity index (χ4v) is 4.90. The summed E-state index contributed by atoms with van der Waals surface area (Å²) in [5.41, 5.74) is 0.925. The Balaban J connectivity index is 1.29. The number of carbonyl (C=O) groups excluding carboxylic acids is 2. The van der Waals surface area contributed by atoms with Crippen molar-refractivity contribution in [2.75, 3.05) is 29.4 Å². The smallest absolute Gasteiger partial charge is 0.228 e. The van der Waals surface area contributed by atoms with Crippen LogP contribution in [0.5, 0.6) is 0 Å². The molecule has 2 aromatic rings. The fraction of sp³-hybridized carbons (Fsp3) is 0.500. The Labute approximate surface area is 179 Å². The van der Waals surface area contributed by atoms with Gasteiger partial charge in [0, 0.05) is 43.5 Å². The Kier molecular flexibility index (Phi) is 6.30. The third kappa shape index (κ3) is 4.70. The van der Waals surface area contributed by atoms with Gasteiger partial charge in [-0.2, -0.15) is 0 Å². The van der Waals surface area contributed by atoms with Gasteiger partial charge in [0.15, 0.2) is 0 Å². The molecule has 2 aliphatic heterocycles. The number of nitrogens with zero attached hydrogens (tertiary/aromatic N) is 4. The molecule has 2 fully saturated rings. The summed E-state index contributed by atoms with van der Waals surface area (Å²) in [6, 6.07) is 7.55. The molecular formula is C20H24ClN5O2S. The largest absolute Gasteiger partial charge is 0.352 e. The quantitative estimate of drug-likeness (QED) is 0.783. The Hall–Kier alpha value is -2.19. The van der Waals surface area contributed by atoms with Gasteiger partial charge in [-0.3, -0.25) is 14.5 Å². The number of amides is 2. The molecule has 3 heterocycles. The average Bonchev–Trinajstić information content (AvgIpc) is 3.23. The number of hydrogen-bond donors (Lipinski definition) is 1. The topological polar surface area (TPSA) is 78.4 Å². The number of benzene rings is 1. The van der Waals surface area contributed by atoms with E-state index >= 15 is 0 Å². The average molecular weight is 434 g/mol. The van der Waals surface area contributed by atoms with E-state index in [0.717, 1.165) is 56.0 Å². The number of anilines is 2. The van der Waals surface area contributed by atoms with Crippen LogP contribution in [0.15, 0.2) is 24.3 Å². The number of carbonyl (C=O) groups is 2. The first-order chi connectivity index (χ1) is 14.1. The van der Waals surface area contributed by atoms with Gasteiger partial charge in [0.25, 0.3) is 0 Å². The molecule has 0 atom stereocenters. The molecule has 0 aliphatic carbocycles. The van der Waals surface area contributed by atoms with Crippen molar-refractivity contribution in [1.82, 2.24) is 15.5 Å². The van der Waals surface area contributed by atoms with E-state index in [2.05, 4.69) is 20.4 Å². The summed E-state index contributed by atoms with van der Waals surface area (Å²) >= 11 is 7.62. The van der Waals surface area contributed by atoms with E-state index in [0.29, 0.717) is 23.1 Å². The number of rotatable bonds is 5. The zero-order chi connectivity index (χ0) is 20.2. The molecule has 2 saturated heterocycles. The lowest BCUT2D eigenvalue weighted by molar-refractivity contribution is -0.125. The molecule has 7 nitrogen and oxygen atoms in total. The van der Waals surface area contributed by atoms with Crippen LogP contribution in [0.1, 0.15) is 37.7 Å². The van der Waals surface area contributed by atoms with Gasteiger partial charge in [-0.05, 0) is 37.3 Å². The van der Waals surface area contributed by atoms with Crippen molar-refractivity contribution in [1.29, 1.82) is 0 Å². The molecule has 0 radical (unpaired) electrons. The van der Waals surface area contributed by atoms with Crippen molar-refractivity contribution in [2.24, 2.45) is 5.92 Å². The van der Waals surface area contributed by atoms with Crippen LogP contribution < -0.4 is 15.1 Å². The standard InChI is InChI=1S/C20H24ClN5O2S/c21-16-6-2-1-5-15(16)13-22-18(28)14-8-11-25(12-9-14)19-23-24-20(29-19)26-10-4-3-7-17(26)27/h1-2,5-6,14H,3-4,7-13H2,(H,22,28). The van der Waals surface area contributed by atoms with E-state index in [-0.39, 0.29) is 17.7 Å². The molecule has 4 rings (SSSR count). The first-order valence-electron chi connectivity index (χ1n) is 10.0. The predicted octanol–water partition coefficient (Wildman–Crippen LogP) is 3.24. The van der Waals surface area contributed by atoms with Gasteiger partial charge in [0.2, 0.25) is 22.1 Å². The number of halogens is 1. The van der Waals surface area contributed by atoms with Gasteiger partial charge in [-0.25, -0.2) is 0 Å². The normalized spacial score (nSPS) is 18.2. The maximum atomic E-state index is 12.5. The molecule has 1 aromatic heterocycles. The van der Waals surface area contributed by atoms with Crippen LogP contribution in [0, 0.1) is 5.92 Å². The van der Waals surface area contributed by atoms with E-state index in [1.807, 2.05) is 24.3 Å². The van der Waals surface area contributed by atoms with Crippen molar-refractivity contribution in [3.63, 3.8) is 0 Å². The molecule has 9 heteroatoms. The molecule has 2 amide bonds. The minimum Gasteiger partial charge on any atom is -0.352 e. The van der Waals surface area contributed by atoms with Crippen LogP contribution in [-0.2, 0) is 16.1 Å². The number of nitrogens with one attached hydrogen (secondary N) is 1. The van der Waals surface area contributed by atoms with Gasteiger partial charge in [0.05, 0.1) is 0 Å². The van der Waals surface area contributed by atoms with Crippen LogP contribution >= 0.6 is 22.9 Å². The molecule has 0 bridgehead atoms. The van der Waals surface area contributed by atoms with Crippen molar-refractivity contribution in [3.05, 3.63) is 34.9 Å². The van der Waals surface area contributed by atoms with E-state index in [4.69, 9.17) is 11.6 Å². The highest BCUT2D eigenvalue weighted by molar-refractivity contribution is 7.19. The summed E-state index contributed by atoms with van der Waals surface area (Å²) in [5.74, 6) is 0.194. The van der Waals surface area contributed by atoms with Gasteiger partial charge >= 0.3 is 0 Å². The lowest BCUT2D eigenvalue weighted by Gasteiger charge is -2.30. The highest BCUT2D eigenvalue weighted by atomic mass is 35.5. The summed E-state index contributed by atoms with van der Waals surface area (Å²) in [6.45, 7) is 2.68. The molecule has 29 heavy (non-hydrogen) atoms. The van der Waals surface area contributed by atoms with Crippen molar-refractivity contribution in [3.8, 4) is 0 Å². The van der Waals surface area contributed by atoms with Crippen LogP contribution in [0.2, 0.25) is 5.02 Å². The second kappa shape index (κ2) is 9.09. The van der Waals surface area contributed by atoms with Crippen LogP contribution in [0.3, 0.4) is 0 Å². The minimum absolute atomic E-state index is 0.00944. The summed E-state index contributed by atoms with van der Waals surface area (Å²) in [6.07, 6.45) is 4.09. The lowest BCUT2D eigenvalue weighted by Crippen LogP contribution is -2.40. The molecule has 0 saturated carbocycles. The molecule has 2 aliphatic rings. The zero-order valence-corrected chi connectivity index (χ0v) is 17.7. The summed E-state index contributed by atoms with van der Waals surface area (Å²) in [5, 5.41) is 13.7. The molecule has 154 valence electrons. The van der Waals surface area contributed by atoms with Gasteiger partial charge in [-0.1, -0.05) is 41.1 Å². The van der Waals surface area contributed by atoms with Crippen molar-refractivity contribution < 1.29 is 9.59 Å². The van der Waals surface area contributed by atoms with E-state index < -0.39 is 0 Å². The third-order valence-electron chi connectivity index (χ3n) is 5.51. The lowest BCUT2D eigenvalue weighted by atomic mass is 9.96. The minimum atomic E-state index is -0.00944. The van der Waals surface area contributed by atoms with Crippen LogP contribution in [0.25, 0.3) is 0 Å². The van der Waals surface area contributed by atoms with Crippen LogP contribution in [-0.4, -0.2) is 41.6 Å². The van der Waals surface area contributed by atoms with Gasteiger partial charge < -0.3 is 10.2 Å². The van der Waals surface area contributed by atoms with E-state index in [1.165, 1.54) is 11.3 Å². The first kappa shape index (κ1) is 20.1. The second-order valence-corrected chi connectivity index (χ2v) is 8.78. The molecule has 0 unspecified atom stereocenters. The summed E-state index contributed by atoms with van der Waals surface area (Å²) < 4.78 is 0. The molecular weight excluding hydrogens is 410 g/mol. The molecule has 1 N–H and O–H groups in total. The Bertz CT molecular complexity index is 881. The number of hydrogen-bond acceptors (Lipinski definition) is 6. The molecule has 0 spiro atoms. The Morgan fingerprint density at radius 1 is 1.14 bits per heavy atom. The maximum absolute atomic E-state index is 12.5. The number of aromatic nitrogens is 2. The highest BCUT2D eigenvalue weighted by Gasteiger charge is 2.28. The highest BCUT2D eigenvalue weighted by Crippen LogP contribution is 2.32. The van der Waals surface area contributed by atoms with E-state index in [9.17, 15) is 9.59 Å². The van der Waals surface area contributed by atoms with Gasteiger partial charge in [0.1, 0.15) is 0 Å². The second-order valence-electron chi connectivity index (χ2n) is 7.44. The SMILES string of the molecule is O=C(NCc1ccccc1Cl)C1CCN(c2nnc(N3CCCCC3=O)s2)CC1. The maximum Gasteiger partial charge on any atom is 0.228 e. The van der Waals surface area contributed by atoms with Crippen molar-refractivity contribution >= 4 is 45.0 Å². The monoisotopic (exact) mass is 433 g/mol. The summed E-state index contributed by atoms with van der Waals surface area (Å²) in [4.78, 5) is 28.5. The third-order valence-corrected chi connectivity index (χ3v) is 6.88. The Morgan fingerprint density at radius 2 is 1.90 bits per heavy atom. The number of piperidine rings is 2. The Morgan fingerprint density at radius 3 is 2.66 bits per heavy atom. The fourth-order valence-electron chi connectivity index (χ4n) is 3.75. The van der Waals surface area contributed by atoms with Gasteiger partial charge in [-0.15, -0.1) is 10.2 Å². The summed E-state index contributed by atoms with van der Waals surface area (Å²) in [7, 11) is 0. The van der Waals surface area contributed by atoms with E-state index in [1.54, 1.807) is 4.90 Å².